The van der Waals surface area contributed by atoms with Gasteiger partial charge in [-0.05, 0) is 30.4 Å². The number of aryl methyl sites for hydroxylation is 1. The molecule has 0 aromatic carbocycles. The van der Waals surface area contributed by atoms with E-state index >= 15 is 0 Å². The van der Waals surface area contributed by atoms with E-state index in [0.29, 0.717) is 12.0 Å². The summed E-state index contributed by atoms with van der Waals surface area (Å²) in [4.78, 5) is 11.9. The van der Waals surface area contributed by atoms with Crippen LogP contribution < -0.4 is 0 Å². The fraction of sp³-hybridized carbons (Fsp3) is 0.308. The number of carbonyl (C=O) groups is 1. The molecule has 114 valence electrons. The van der Waals surface area contributed by atoms with Crippen LogP contribution in [0.2, 0.25) is 0 Å². The molecule has 0 aliphatic heterocycles. The van der Waals surface area contributed by atoms with Crippen molar-refractivity contribution in [2.45, 2.75) is 18.4 Å². The first-order chi connectivity index (χ1) is 9.89. The van der Waals surface area contributed by atoms with Gasteiger partial charge in [0.1, 0.15) is 6.54 Å². The average Bonchev–Trinajstić information content (AvgIpc) is 3.05. The van der Waals surface area contributed by atoms with Crippen LogP contribution in [0.15, 0.2) is 39.4 Å². The predicted molar refractivity (Wildman–Crippen MR) is 77.9 cm³/mol. The number of thiophene rings is 1. The van der Waals surface area contributed by atoms with Crippen LogP contribution in [0.25, 0.3) is 0 Å². The van der Waals surface area contributed by atoms with Crippen molar-refractivity contribution in [3.05, 3.63) is 40.3 Å². The zero-order valence-corrected chi connectivity index (χ0v) is 13.0. The van der Waals surface area contributed by atoms with E-state index in [-0.39, 0.29) is 11.6 Å². The summed E-state index contributed by atoms with van der Waals surface area (Å²) in [6.45, 7) is 1.21. The molecule has 0 spiro atoms. The highest BCUT2D eigenvalue weighted by molar-refractivity contribution is 7.89. The quantitative estimate of drug-likeness (QED) is 0.839. The Labute approximate surface area is 126 Å². The highest BCUT2D eigenvalue weighted by Crippen LogP contribution is 2.19. The third-order valence-corrected chi connectivity index (χ3v) is 5.45. The minimum Gasteiger partial charge on any atom is -0.480 e. The van der Waals surface area contributed by atoms with Gasteiger partial charge in [0.05, 0.1) is 6.26 Å². The number of carboxylic acids is 1. The second-order valence-electron chi connectivity index (χ2n) is 4.50. The van der Waals surface area contributed by atoms with Crippen molar-refractivity contribution in [2.75, 3.05) is 13.1 Å². The first-order valence-electron chi connectivity index (χ1n) is 6.19. The van der Waals surface area contributed by atoms with Gasteiger partial charge in [-0.3, -0.25) is 4.79 Å². The third kappa shape index (κ3) is 3.93. The molecule has 2 heterocycles. The number of hydrogen-bond donors (Lipinski definition) is 1. The molecule has 0 fully saturated rings. The molecular weight excluding hydrogens is 314 g/mol. The highest BCUT2D eigenvalue weighted by atomic mass is 32.2. The van der Waals surface area contributed by atoms with E-state index in [9.17, 15) is 13.2 Å². The molecular formula is C13H15NO5S2. The average molecular weight is 329 g/mol. The van der Waals surface area contributed by atoms with Gasteiger partial charge in [-0.1, -0.05) is 6.07 Å². The Bertz CT molecular complexity index is 703. The van der Waals surface area contributed by atoms with Crippen molar-refractivity contribution in [2.24, 2.45) is 0 Å². The van der Waals surface area contributed by atoms with E-state index in [1.165, 1.54) is 23.7 Å². The molecule has 8 heteroatoms. The topological polar surface area (TPSA) is 87.8 Å². The Hall–Kier alpha value is -1.64. The van der Waals surface area contributed by atoms with E-state index in [1.54, 1.807) is 6.92 Å². The number of hydrogen-bond acceptors (Lipinski definition) is 5. The summed E-state index contributed by atoms with van der Waals surface area (Å²) in [7, 11) is -3.94. The Kier molecular flexibility index (Phi) is 4.81. The molecule has 0 amide bonds. The van der Waals surface area contributed by atoms with Gasteiger partial charge in [-0.2, -0.15) is 4.31 Å². The van der Waals surface area contributed by atoms with Gasteiger partial charge < -0.3 is 9.52 Å². The normalized spacial score (nSPS) is 11.9. The van der Waals surface area contributed by atoms with Crippen molar-refractivity contribution < 1.29 is 22.7 Å². The van der Waals surface area contributed by atoms with Gasteiger partial charge in [0.15, 0.2) is 0 Å². The van der Waals surface area contributed by atoms with Crippen molar-refractivity contribution in [1.82, 2.24) is 4.31 Å². The van der Waals surface area contributed by atoms with Crippen molar-refractivity contribution >= 4 is 27.3 Å². The highest BCUT2D eigenvalue weighted by Gasteiger charge is 2.29. The van der Waals surface area contributed by atoms with Crippen LogP contribution in [0.1, 0.15) is 10.4 Å². The number of aliphatic carboxylic acids is 1. The maximum Gasteiger partial charge on any atom is 0.318 e. The molecule has 2 aromatic rings. The Morgan fingerprint density at radius 2 is 2.24 bits per heavy atom. The van der Waals surface area contributed by atoms with E-state index in [0.717, 1.165) is 9.18 Å². The van der Waals surface area contributed by atoms with Gasteiger partial charge in [0.2, 0.25) is 5.09 Å². The molecule has 1 N–H and O–H groups in total. The van der Waals surface area contributed by atoms with E-state index < -0.39 is 22.5 Å². The summed E-state index contributed by atoms with van der Waals surface area (Å²) < 4.78 is 30.8. The number of nitrogens with zero attached hydrogens (tertiary/aromatic N) is 1. The first-order valence-corrected chi connectivity index (χ1v) is 8.51. The van der Waals surface area contributed by atoms with Crippen LogP contribution in [-0.4, -0.2) is 36.9 Å². The van der Waals surface area contributed by atoms with Crippen molar-refractivity contribution in [3.63, 3.8) is 0 Å². The SMILES string of the molecule is Cc1coc(S(=O)(=O)N(CCc2cccs2)CC(=O)O)c1. The molecule has 21 heavy (non-hydrogen) atoms. The van der Waals surface area contributed by atoms with Crippen LogP contribution in [-0.2, 0) is 21.2 Å². The molecule has 2 aromatic heterocycles. The van der Waals surface area contributed by atoms with Gasteiger partial charge in [-0.15, -0.1) is 11.3 Å². The van der Waals surface area contributed by atoms with Crippen LogP contribution in [0.4, 0.5) is 0 Å². The maximum atomic E-state index is 12.4. The summed E-state index contributed by atoms with van der Waals surface area (Å²) in [5.41, 5.74) is 0.669. The summed E-state index contributed by atoms with van der Waals surface area (Å²) in [5, 5.41) is 10.6. The van der Waals surface area contributed by atoms with Gasteiger partial charge in [-0.25, -0.2) is 8.42 Å². The minimum absolute atomic E-state index is 0.0922. The smallest absolute Gasteiger partial charge is 0.318 e. The van der Waals surface area contributed by atoms with Crippen LogP contribution in [0.3, 0.4) is 0 Å². The van der Waals surface area contributed by atoms with Crippen LogP contribution in [0.5, 0.6) is 0 Å². The van der Waals surface area contributed by atoms with Gasteiger partial charge in [0.25, 0.3) is 10.0 Å². The summed E-state index contributed by atoms with van der Waals surface area (Å²) >= 11 is 1.50. The fourth-order valence-corrected chi connectivity index (χ4v) is 3.86. The molecule has 0 unspecified atom stereocenters. The minimum atomic E-state index is -3.94. The molecule has 0 saturated carbocycles. The summed E-state index contributed by atoms with van der Waals surface area (Å²) in [6, 6.07) is 5.13. The number of sulfonamides is 1. The Morgan fingerprint density at radius 3 is 2.76 bits per heavy atom. The molecule has 0 bridgehead atoms. The van der Waals surface area contributed by atoms with Crippen molar-refractivity contribution in [3.8, 4) is 0 Å². The molecule has 2 rings (SSSR count). The second kappa shape index (κ2) is 6.42. The van der Waals surface area contributed by atoms with Gasteiger partial charge in [0, 0.05) is 17.5 Å². The Morgan fingerprint density at radius 1 is 1.48 bits per heavy atom. The molecule has 0 atom stereocenters. The fourth-order valence-electron chi connectivity index (χ4n) is 1.79. The lowest BCUT2D eigenvalue weighted by Gasteiger charge is -2.18. The molecule has 0 aliphatic carbocycles. The summed E-state index contributed by atoms with van der Waals surface area (Å²) in [6.07, 6.45) is 1.79. The number of carboxylic acid groups (broad SMARTS) is 1. The van der Waals surface area contributed by atoms with E-state index in [2.05, 4.69) is 0 Å². The van der Waals surface area contributed by atoms with Crippen LogP contribution >= 0.6 is 11.3 Å². The lowest BCUT2D eigenvalue weighted by molar-refractivity contribution is -0.137. The third-order valence-electron chi connectivity index (χ3n) is 2.80. The predicted octanol–water partition coefficient (Wildman–Crippen LogP) is 1.97. The van der Waals surface area contributed by atoms with Crippen LogP contribution in [0, 0.1) is 6.92 Å². The van der Waals surface area contributed by atoms with Crippen molar-refractivity contribution in [1.29, 1.82) is 0 Å². The standard InChI is InChI=1S/C13H15NO5S2/c1-10-7-13(19-9-10)21(17,18)14(8-12(15)16)5-4-11-3-2-6-20-11/h2-3,6-7,9H,4-5,8H2,1H3,(H,15,16). The maximum absolute atomic E-state index is 12.4. The zero-order valence-electron chi connectivity index (χ0n) is 11.4. The largest absolute Gasteiger partial charge is 0.480 e. The summed E-state index contributed by atoms with van der Waals surface area (Å²) in [5.74, 6) is -1.20. The zero-order chi connectivity index (χ0) is 15.5. The second-order valence-corrected chi connectivity index (χ2v) is 7.41. The lowest BCUT2D eigenvalue weighted by Crippen LogP contribution is -2.37. The van der Waals surface area contributed by atoms with Gasteiger partial charge >= 0.3 is 5.97 Å². The number of furan rings is 1. The first kappa shape index (κ1) is 15.7. The monoisotopic (exact) mass is 329 g/mol. The van der Waals surface area contributed by atoms with E-state index in [4.69, 9.17) is 9.52 Å². The molecule has 0 radical (unpaired) electrons. The number of rotatable bonds is 7. The molecule has 0 aliphatic rings. The molecule has 0 saturated heterocycles. The molecule has 6 nitrogen and oxygen atoms in total. The lowest BCUT2D eigenvalue weighted by atomic mass is 10.3. The Balaban J connectivity index is 2.20. The van der Waals surface area contributed by atoms with E-state index in [1.807, 2.05) is 17.5 Å².